The molecule has 0 bridgehead atoms. The SMILES string of the molecule is COc1cc(C=C2C(=N)N3N=C(c4ccccc4Cl)SC3=NC2=O)cc(OC)c1OC. The number of hydrazone groups is 1. The van der Waals surface area contributed by atoms with Gasteiger partial charge in [-0.3, -0.25) is 10.2 Å². The molecule has 4 rings (SSSR count). The van der Waals surface area contributed by atoms with E-state index in [1.165, 1.54) is 38.1 Å². The Morgan fingerprint density at radius 2 is 1.77 bits per heavy atom. The first kappa shape index (κ1) is 21.0. The van der Waals surface area contributed by atoms with Gasteiger partial charge in [0.2, 0.25) is 10.9 Å². The molecule has 0 saturated heterocycles. The van der Waals surface area contributed by atoms with Gasteiger partial charge in [-0.2, -0.15) is 15.1 Å². The van der Waals surface area contributed by atoms with Crippen LogP contribution in [0.1, 0.15) is 11.1 Å². The highest BCUT2D eigenvalue weighted by Gasteiger charge is 2.36. The Hall–Kier alpha value is -3.30. The molecule has 2 aliphatic rings. The molecule has 0 saturated carbocycles. The zero-order chi connectivity index (χ0) is 22.1. The smallest absolute Gasteiger partial charge is 0.283 e. The van der Waals surface area contributed by atoms with Crippen molar-refractivity contribution in [3.05, 3.63) is 58.1 Å². The van der Waals surface area contributed by atoms with Gasteiger partial charge in [-0.15, -0.1) is 0 Å². The fourth-order valence-corrected chi connectivity index (χ4v) is 4.30. The highest BCUT2D eigenvalue weighted by molar-refractivity contribution is 8.27. The third kappa shape index (κ3) is 3.77. The summed E-state index contributed by atoms with van der Waals surface area (Å²) >= 11 is 7.46. The van der Waals surface area contributed by atoms with Crippen molar-refractivity contribution >= 4 is 51.4 Å². The molecule has 2 heterocycles. The molecule has 0 unspecified atom stereocenters. The Kier molecular flexibility index (Phi) is 5.71. The van der Waals surface area contributed by atoms with E-state index in [1.807, 2.05) is 18.2 Å². The third-order valence-corrected chi connectivity index (χ3v) is 5.83. The first-order valence-corrected chi connectivity index (χ1v) is 10.2. The number of amidine groups is 2. The molecule has 158 valence electrons. The maximum absolute atomic E-state index is 12.7. The molecule has 0 aliphatic carbocycles. The van der Waals surface area contributed by atoms with Crippen molar-refractivity contribution in [2.75, 3.05) is 21.3 Å². The Morgan fingerprint density at radius 3 is 2.39 bits per heavy atom. The van der Waals surface area contributed by atoms with Crippen molar-refractivity contribution in [2.24, 2.45) is 10.1 Å². The fraction of sp³-hybridized carbons (Fsp3) is 0.143. The fourth-order valence-electron chi connectivity index (χ4n) is 3.09. The number of nitrogens with one attached hydrogen (secondary N) is 1. The van der Waals surface area contributed by atoms with E-state index in [1.54, 1.807) is 24.3 Å². The van der Waals surface area contributed by atoms with Crippen LogP contribution in [0.15, 0.2) is 52.1 Å². The van der Waals surface area contributed by atoms with Crippen LogP contribution in [0.2, 0.25) is 5.02 Å². The number of benzene rings is 2. The first-order valence-electron chi connectivity index (χ1n) is 9.02. The number of fused-ring (bicyclic) bond motifs is 1. The van der Waals surface area contributed by atoms with Gasteiger partial charge in [0.05, 0.1) is 31.9 Å². The van der Waals surface area contributed by atoms with E-state index < -0.39 is 5.91 Å². The number of thioether (sulfide) groups is 1. The Bertz CT molecular complexity index is 1170. The Labute approximate surface area is 187 Å². The summed E-state index contributed by atoms with van der Waals surface area (Å²) in [6, 6.07) is 10.6. The molecule has 2 aromatic rings. The molecule has 2 aliphatic heterocycles. The van der Waals surface area contributed by atoms with Gasteiger partial charge in [0.15, 0.2) is 17.3 Å². The minimum absolute atomic E-state index is 0.0849. The van der Waals surface area contributed by atoms with E-state index in [0.717, 1.165) is 0 Å². The number of carbonyl (C=O) groups is 1. The molecule has 1 N–H and O–H groups in total. The van der Waals surface area contributed by atoms with Crippen LogP contribution in [0.5, 0.6) is 17.2 Å². The molecular weight excluding hydrogens is 440 g/mol. The van der Waals surface area contributed by atoms with Crippen LogP contribution in [0.3, 0.4) is 0 Å². The van der Waals surface area contributed by atoms with E-state index >= 15 is 0 Å². The molecule has 2 aromatic carbocycles. The average molecular weight is 457 g/mol. The van der Waals surface area contributed by atoms with E-state index in [2.05, 4.69) is 10.1 Å². The summed E-state index contributed by atoms with van der Waals surface area (Å²) in [7, 11) is 4.52. The van der Waals surface area contributed by atoms with Gasteiger partial charge in [0.25, 0.3) is 5.91 Å². The topological polar surface area (TPSA) is 96.6 Å². The molecule has 8 nitrogen and oxygen atoms in total. The number of nitrogens with zero attached hydrogens (tertiary/aromatic N) is 3. The number of amides is 1. The van der Waals surface area contributed by atoms with E-state index in [9.17, 15) is 4.79 Å². The molecule has 10 heteroatoms. The number of methoxy groups -OCH3 is 3. The number of carbonyl (C=O) groups excluding carboxylic acids is 1. The van der Waals surface area contributed by atoms with Crippen LogP contribution in [0.4, 0.5) is 0 Å². The zero-order valence-corrected chi connectivity index (χ0v) is 18.4. The highest BCUT2D eigenvalue weighted by atomic mass is 35.5. The maximum Gasteiger partial charge on any atom is 0.283 e. The zero-order valence-electron chi connectivity index (χ0n) is 16.8. The lowest BCUT2D eigenvalue weighted by Gasteiger charge is -2.20. The minimum Gasteiger partial charge on any atom is -0.493 e. The Balaban J connectivity index is 1.73. The second-order valence-corrected chi connectivity index (χ2v) is 7.73. The maximum atomic E-state index is 12.7. The number of ether oxygens (including phenoxy) is 3. The monoisotopic (exact) mass is 456 g/mol. The van der Waals surface area contributed by atoms with Crippen LogP contribution in [-0.2, 0) is 4.79 Å². The summed E-state index contributed by atoms with van der Waals surface area (Å²) in [5.74, 6) is 0.681. The quantitative estimate of drug-likeness (QED) is 0.682. The predicted octanol–water partition coefficient (Wildman–Crippen LogP) is 4.03. The standard InChI is InChI=1S/C21H17ClN4O4S/c1-28-15-9-11(10-16(29-2)17(15)30-3)8-13-18(23)26-21(24-19(13)27)31-20(25-26)12-6-4-5-7-14(12)22/h4-10,23H,1-3H3. The summed E-state index contributed by atoms with van der Waals surface area (Å²) in [4.78, 5) is 16.8. The lowest BCUT2D eigenvalue weighted by Crippen LogP contribution is -2.35. The number of rotatable bonds is 5. The van der Waals surface area contributed by atoms with Gasteiger partial charge >= 0.3 is 0 Å². The normalized spacial score (nSPS) is 16.8. The van der Waals surface area contributed by atoms with Gasteiger partial charge in [-0.05, 0) is 41.6 Å². The summed E-state index contributed by atoms with van der Waals surface area (Å²) in [5.41, 5.74) is 1.38. The van der Waals surface area contributed by atoms with E-state index in [4.69, 9.17) is 31.2 Å². The second-order valence-electron chi connectivity index (χ2n) is 6.36. The van der Waals surface area contributed by atoms with Crippen molar-refractivity contribution < 1.29 is 19.0 Å². The third-order valence-electron chi connectivity index (χ3n) is 4.56. The van der Waals surface area contributed by atoms with Crippen LogP contribution in [0.25, 0.3) is 6.08 Å². The molecule has 0 aromatic heterocycles. The summed E-state index contributed by atoms with van der Waals surface area (Å²) < 4.78 is 16.0. The largest absolute Gasteiger partial charge is 0.493 e. The summed E-state index contributed by atoms with van der Waals surface area (Å²) in [5, 5.41) is 15.7. The highest BCUT2D eigenvalue weighted by Crippen LogP contribution is 2.39. The van der Waals surface area contributed by atoms with Crippen LogP contribution < -0.4 is 14.2 Å². The predicted molar refractivity (Wildman–Crippen MR) is 122 cm³/mol. The second kappa shape index (κ2) is 8.44. The minimum atomic E-state index is -0.534. The van der Waals surface area contributed by atoms with Gasteiger partial charge in [0.1, 0.15) is 5.04 Å². The van der Waals surface area contributed by atoms with Crippen LogP contribution >= 0.6 is 23.4 Å². The molecule has 0 spiro atoms. The number of halogens is 1. The van der Waals surface area contributed by atoms with Crippen LogP contribution in [-0.4, -0.2) is 48.3 Å². The van der Waals surface area contributed by atoms with Crippen molar-refractivity contribution in [2.45, 2.75) is 0 Å². The van der Waals surface area contributed by atoms with Gasteiger partial charge in [-0.25, -0.2) is 0 Å². The molecule has 0 atom stereocenters. The van der Waals surface area contributed by atoms with Crippen molar-refractivity contribution in [1.82, 2.24) is 5.01 Å². The van der Waals surface area contributed by atoms with Crippen LogP contribution in [0, 0.1) is 5.41 Å². The summed E-state index contributed by atoms with van der Waals surface area (Å²) in [6.07, 6.45) is 1.54. The summed E-state index contributed by atoms with van der Waals surface area (Å²) in [6.45, 7) is 0. The van der Waals surface area contributed by atoms with Crippen molar-refractivity contribution in [3.8, 4) is 17.2 Å². The van der Waals surface area contributed by atoms with E-state index in [0.29, 0.717) is 43.6 Å². The van der Waals surface area contributed by atoms with Gasteiger partial charge < -0.3 is 14.2 Å². The van der Waals surface area contributed by atoms with Gasteiger partial charge in [0, 0.05) is 5.56 Å². The number of hydrogen-bond acceptors (Lipinski definition) is 7. The molecule has 0 radical (unpaired) electrons. The van der Waals surface area contributed by atoms with E-state index in [-0.39, 0.29) is 11.4 Å². The first-order chi connectivity index (χ1) is 15.0. The number of hydrogen-bond donors (Lipinski definition) is 1. The average Bonchev–Trinajstić information content (AvgIpc) is 3.19. The molecule has 1 amide bonds. The van der Waals surface area contributed by atoms with Gasteiger partial charge in [-0.1, -0.05) is 29.8 Å². The number of aliphatic imine (C=N–C) groups is 1. The van der Waals surface area contributed by atoms with Crippen molar-refractivity contribution in [1.29, 1.82) is 5.41 Å². The Morgan fingerprint density at radius 1 is 1.10 bits per heavy atom. The lowest BCUT2D eigenvalue weighted by atomic mass is 10.1. The molecule has 31 heavy (non-hydrogen) atoms. The molecular formula is C21H17ClN4O4S. The molecule has 0 fully saturated rings. The lowest BCUT2D eigenvalue weighted by molar-refractivity contribution is -0.114. The van der Waals surface area contributed by atoms with Crippen molar-refractivity contribution in [3.63, 3.8) is 0 Å².